The predicted molar refractivity (Wildman–Crippen MR) is 129 cm³/mol. The molecule has 1 saturated carbocycles. The molecule has 172 valence electrons. The van der Waals surface area contributed by atoms with Gasteiger partial charge in [0.05, 0.1) is 29.3 Å². The van der Waals surface area contributed by atoms with Crippen LogP contribution >= 0.6 is 0 Å². The third-order valence-corrected chi connectivity index (χ3v) is 6.93. The van der Waals surface area contributed by atoms with E-state index >= 15 is 0 Å². The molecule has 1 N–H and O–H groups in total. The molecule has 4 aromatic rings. The topological polar surface area (TPSA) is 83.1 Å². The fourth-order valence-electron chi connectivity index (χ4n) is 5.06. The van der Waals surface area contributed by atoms with Gasteiger partial charge in [-0.2, -0.15) is 5.10 Å². The first-order valence-corrected chi connectivity index (χ1v) is 11.4. The molecule has 8 nitrogen and oxygen atoms in total. The number of aryl methyl sites for hydroxylation is 2. The summed E-state index contributed by atoms with van der Waals surface area (Å²) in [7, 11) is 5.32. The molecule has 1 aliphatic carbocycles. The summed E-state index contributed by atoms with van der Waals surface area (Å²) in [4.78, 5) is 25.8. The van der Waals surface area contributed by atoms with Crippen LogP contribution in [0.4, 0.5) is 5.69 Å². The minimum atomic E-state index is -0.0162. The number of imidazole rings is 1. The summed E-state index contributed by atoms with van der Waals surface area (Å²) < 4.78 is 10.7. The largest absolute Gasteiger partial charge is 0.497 e. The lowest BCUT2D eigenvalue weighted by Crippen LogP contribution is -2.30. The molecular formula is C25H29N5O3. The molecule has 2 heterocycles. The summed E-state index contributed by atoms with van der Waals surface area (Å²) in [6.45, 7) is 0.659. The van der Waals surface area contributed by atoms with Crippen molar-refractivity contribution >= 4 is 33.5 Å². The van der Waals surface area contributed by atoms with E-state index in [4.69, 9.17) is 4.74 Å². The van der Waals surface area contributed by atoms with Gasteiger partial charge in [-0.1, -0.05) is 6.07 Å². The summed E-state index contributed by atoms with van der Waals surface area (Å²) in [5.74, 6) is 1.16. The minimum Gasteiger partial charge on any atom is -0.497 e. The van der Waals surface area contributed by atoms with Gasteiger partial charge in [-0.25, -0.2) is 4.79 Å². The van der Waals surface area contributed by atoms with Crippen molar-refractivity contribution in [3.05, 3.63) is 53.1 Å². The minimum absolute atomic E-state index is 0.0114. The van der Waals surface area contributed by atoms with E-state index in [-0.39, 0.29) is 17.5 Å². The Labute approximate surface area is 191 Å². The number of fused-ring (bicyclic) bond motifs is 2. The third-order valence-electron chi connectivity index (χ3n) is 6.93. The number of rotatable bonds is 5. The molecule has 0 aliphatic heterocycles. The highest BCUT2D eigenvalue weighted by atomic mass is 16.5. The Kier molecular flexibility index (Phi) is 5.44. The number of hydrogen-bond donors (Lipinski definition) is 1. The lowest BCUT2D eigenvalue weighted by atomic mass is 9.81. The fourth-order valence-corrected chi connectivity index (χ4v) is 5.06. The third kappa shape index (κ3) is 3.90. The first-order chi connectivity index (χ1) is 15.9. The zero-order chi connectivity index (χ0) is 23.1. The van der Waals surface area contributed by atoms with Gasteiger partial charge in [-0.3, -0.25) is 18.6 Å². The highest BCUT2D eigenvalue weighted by Gasteiger charge is 2.28. The maximum absolute atomic E-state index is 13.0. The van der Waals surface area contributed by atoms with Crippen molar-refractivity contribution in [2.75, 3.05) is 12.4 Å². The molecule has 0 spiro atoms. The predicted octanol–water partition coefficient (Wildman–Crippen LogP) is 3.68. The Bertz CT molecular complexity index is 1390. The van der Waals surface area contributed by atoms with Crippen LogP contribution in [0.2, 0.25) is 0 Å². The van der Waals surface area contributed by atoms with E-state index in [0.717, 1.165) is 59.1 Å². The van der Waals surface area contributed by atoms with Gasteiger partial charge >= 0.3 is 5.69 Å². The van der Waals surface area contributed by atoms with Crippen LogP contribution in [-0.4, -0.2) is 31.9 Å². The zero-order valence-corrected chi connectivity index (χ0v) is 19.2. The number of nitrogens with zero attached hydrogens (tertiary/aromatic N) is 4. The molecule has 0 atom stereocenters. The van der Waals surface area contributed by atoms with E-state index in [1.54, 1.807) is 23.4 Å². The van der Waals surface area contributed by atoms with E-state index in [1.165, 1.54) is 0 Å². The number of methoxy groups -OCH3 is 1. The van der Waals surface area contributed by atoms with Gasteiger partial charge in [0, 0.05) is 44.2 Å². The zero-order valence-electron chi connectivity index (χ0n) is 19.2. The van der Waals surface area contributed by atoms with Crippen molar-refractivity contribution in [3.8, 4) is 5.75 Å². The van der Waals surface area contributed by atoms with E-state index in [0.29, 0.717) is 12.5 Å². The Hall–Kier alpha value is -3.55. The molecular weight excluding hydrogens is 418 g/mol. The summed E-state index contributed by atoms with van der Waals surface area (Å²) in [5.41, 5.74) is 3.47. The highest BCUT2D eigenvalue weighted by Crippen LogP contribution is 2.32. The molecule has 1 aliphatic rings. The van der Waals surface area contributed by atoms with Crippen LogP contribution in [0.3, 0.4) is 0 Å². The number of ether oxygens (including phenoxy) is 1. The lowest BCUT2D eigenvalue weighted by molar-refractivity contribution is -0.121. The molecule has 8 heteroatoms. The normalized spacial score (nSPS) is 18.6. The van der Waals surface area contributed by atoms with Gasteiger partial charge < -0.3 is 10.1 Å². The molecule has 5 rings (SSSR count). The van der Waals surface area contributed by atoms with Crippen LogP contribution in [-0.2, 0) is 25.4 Å². The Morgan fingerprint density at radius 3 is 2.67 bits per heavy atom. The molecule has 1 amide bonds. The second-order valence-corrected chi connectivity index (χ2v) is 9.05. The van der Waals surface area contributed by atoms with Gasteiger partial charge in [0.25, 0.3) is 0 Å². The fraction of sp³-hybridized carbons (Fsp3) is 0.400. The van der Waals surface area contributed by atoms with Crippen molar-refractivity contribution in [1.29, 1.82) is 0 Å². The maximum atomic E-state index is 13.0. The van der Waals surface area contributed by atoms with Crippen LogP contribution in [0.1, 0.15) is 25.7 Å². The number of benzene rings is 2. The quantitative estimate of drug-likeness (QED) is 0.506. The maximum Gasteiger partial charge on any atom is 0.328 e. The van der Waals surface area contributed by atoms with Crippen LogP contribution in [0, 0.1) is 11.8 Å². The SMILES string of the molecule is COc1ccc2c(c1)n(CC1CCC(C(=O)Nc3cccc4nn(C)cc34)CC1)c(=O)n2C. The summed E-state index contributed by atoms with van der Waals surface area (Å²) in [6, 6.07) is 11.5. The van der Waals surface area contributed by atoms with Crippen LogP contribution in [0.15, 0.2) is 47.4 Å². The van der Waals surface area contributed by atoms with Gasteiger partial charge in [0.2, 0.25) is 5.91 Å². The van der Waals surface area contributed by atoms with Gasteiger partial charge in [-0.15, -0.1) is 0 Å². The number of aromatic nitrogens is 4. The second kappa shape index (κ2) is 8.42. The van der Waals surface area contributed by atoms with Gasteiger partial charge in [0.15, 0.2) is 0 Å². The van der Waals surface area contributed by atoms with Gasteiger partial charge in [0.1, 0.15) is 5.75 Å². The summed E-state index contributed by atoms with van der Waals surface area (Å²) in [5, 5.41) is 8.48. The van der Waals surface area contributed by atoms with E-state index in [1.807, 2.05) is 54.2 Å². The van der Waals surface area contributed by atoms with Crippen LogP contribution in [0.5, 0.6) is 5.75 Å². The average Bonchev–Trinajstić information content (AvgIpc) is 3.32. The van der Waals surface area contributed by atoms with Crippen molar-refractivity contribution in [3.63, 3.8) is 0 Å². The molecule has 2 aromatic carbocycles. The Balaban J connectivity index is 1.26. The average molecular weight is 448 g/mol. The molecule has 33 heavy (non-hydrogen) atoms. The monoisotopic (exact) mass is 447 g/mol. The Morgan fingerprint density at radius 2 is 1.91 bits per heavy atom. The number of amides is 1. The Morgan fingerprint density at radius 1 is 1.12 bits per heavy atom. The number of hydrogen-bond acceptors (Lipinski definition) is 4. The smallest absolute Gasteiger partial charge is 0.328 e. The molecule has 0 radical (unpaired) electrons. The molecule has 0 saturated heterocycles. The van der Waals surface area contributed by atoms with Crippen LogP contribution < -0.4 is 15.7 Å². The first kappa shape index (κ1) is 21.3. The second-order valence-electron chi connectivity index (χ2n) is 9.05. The molecule has 0 unspecified atom stereocenters. The van der Waals surface area contributed by atoms with Crippen molar-refractivity contribution in [2.24, 2.45) is 25.9 Å². The van der Waals surface area contributed by atoms with E-state index in [2.05, 4.69) is 10.4 Å². The molecule has 2 aromatic heterocycles. The van der Waals surface area contributed by atoms with E-state index in [9.17, 15) is 9.59 Å². The van der Waals surface area contributed by atoms with Crippen molar-refractivity contribution < 1.29 is 9.53 Å². The highest BCUT2D eigenvalue weighted by molar-refractivity contribution is 6.01. The van der Waals surface area contributed by atoms with Crippen LogP contribution in [0.25, 0.3) is 21.9 Å². The van der Waals surface area contributed by atoms with E-state index < -0.39 is 0 Å². The first-order valence-electron chi connectivity index (χ1n) is 11.4. The number of nitrogens with one attached hydrogen (secondary N) is 1. The van der Waals surface area contributed by atoms with Crippen molar-refractivity contribution in [1.82, 2.24) is 18.9 Å². The molecule has 0 bridgehead atoms. The standard InChI is InChI=1S/C25H29N5O3/c1-28-15-19-20(5-4-6-21(19)27-28)26-24(31)17-9-7-16(8-10-17)14-30-23-13-18(33-3)11-12-22(23)29(2)25(30)32/h4-6,11-13,15-17H,7-10,14H2,1-3H3,(H,26,31). The summed E-state index contributed by atoms with van der Waals surface area (Å²) in [6.07, 6.45) is 5.41. The van der Waals surface area contributed by atoms with Crippen molar-refractivity contribution in [2.45, 2.75) is 32.2 Å². The molecule has 1 fully saturated rings. The summed E-state index contributed by atoms with van der Waals surface area (Å²) >= 11 is 0. The number of carbonyl (C=O) groups excluding carboxylic acids is 1. The lowest BCUT2D eigenvalue weighted by Gasteiger charge is -2.28. The number of anilines is 1. The van der Waals surface area contributed by atoms with Gasteiger partial charge in [-0.05, 0) is 55.9 Å². The number of carbonyl (C=O) groups is 1.